The summed E-state index contributed by atoms with van der Waals surface area (Å²) in [7, 11) is -7.79. The average Bonchev–Trinajstić information content (AvgIpc) is 3.36. The monoisotopic (exact) mass is 618 g/mol. The first-order chi connectivity index (χ1) is 20.1. The Labute approximate surface area is 249 Å². The number of rotatable bonds is 16. The van der Waals surface area contributed by atoms with Gasteiger partial charge in [-0.1, -0.05) is 65.7 Å². The molecule has 0 aromatic heterocycles. The molecule has 0 radical (unpaired) electrons. The lowest BCUT2D eigenvalue weighted by Gasteiger charge is -2.20. The van der Waals surface area contributed by atoms with Gasteiger partial charge in [-0.15, -0.1) is 0 Å². The third kappa shape index (κ3) is 9.70. The molecule has 3 aromatic carbocycles. The molecule has 9 nitrogen and oxygen atoms in total. The predicted molar refractivity (Wildman–Crippen MR) is 157 cm³/mol. The minimum atomic E-state index is -3.90. The highest BCUT2D eigenvalue weighted by Crippen LogP contribution is 2.31. The van der Waals surface area contributed by atoms with Gasteiger partial charge in [0.1, 0.15) is 0 Å². The first kappa shape index (κ1) is 32.3. The second-order valence-electron chi connectivity index (χ2n) is 10.3. The van der Waals surface area contributed by atoms with E-state index >= 15 is 0 Å². The molecule has 0 spiro atoms. The van der Waals surface area contributed by atoms with Crippen molar-refractivity contribution in [1.29, 1.82) is 0 Å². The van der Waals surface area contributed by atoms with E-state index in [1.54, 1.807) is 24.3 Å². The van der Waals surface area contributed by atoms with E-state index in [0.717, 1.165) is 16.7 Å². The summed E-state index contributed by atoms with van der Waals surface area (Å²) in [6.07, 6.45) is 0.615. The molecule has 1 saturated carbocycles. The first-order valence-electron chi connectivity index (χ1n) is 13.9. The minimum Gasteiger partial charge on any atom is -0.376 e. The minimum absolute atomic E-state index is 0.0471. The molecule has 1 fully saturated rings. The van der Waals surface area contributed by atoms with Crippen LogP contribution in [0.4, 0.5) is 0 Å². The number of hydrogen-bond donors (Lipinski definition) is 0. The zero-order valence-electron chi connectivity index (χ0n) is 23.9. The van der Waals surface area contributed by atoms with Crippen LogP contribution in [0.5, 0.6) is 0 Å². The maximum Gasteiger partial charge on any atom is 0.297 e. The predicted octanol–water partition coefficient (Wildman–Crippen LogP) is 4.81. The summed E-state index contributed by atoms with van der Waals surface area (Å²) < 4.78 is 78.2. The van der Waals surface area contributed by atoms with E-state index in [1.165, 1.54) is 24.3 Å². The van der Waals surface area contributed by atoms with Crippen molar-refractivity contribution in [3.63, 3.8) is 0 Å². The zero-order valence-corrected chi connectivity index (χ0v) is 25.5. The molecule has 3 aromatic rings. The highest BCUT2D eigenvalue weighted by molar-refractivity contribution is 7.87. The molecule has 0 N–H and O–H groups in total. The maximum atomic E-state index is 12.5. The van der Waals surface area contributed by atoms with Crippen LogP contribution in [0.15, 0.2) is 88.7 Å². The molecule has 1 aliphatic rings. The molecule has 4 rings (SSSR count). The Morgan fingerprint density at radius 1 is 0.619 bits per heavy atom. The maximum absolute atomic E-state index is 12.5. The van der Waals surface area contributed by atoms with Gasteiger partial charge in [-0.05, 0) is 62.4 Å². The summed E-state index contributed by atoms with van der Waals surface area (Å²) in [5, 5.41) is 0. The molecule has 0 aliphatic heterocycles. The fraction of sp³-hybridized carbons (Fsp3) is 0.419. The number of hydrogen-bond acceptors (Lipinski definition) is 9. The van der Waals surface area contributed by atoms with Crippen molar-refractivity contribution in [1.82, 2.24) is 0 Å². The van der Waals surface area contributed by atoms with E-state index in [2.05, 4.69) is 0 Å². The molecule has 2 atom stereocenters. The van der Waals surface area contributed by atoms with Crippen molar-refractivity contribution in [2.75, 3.05) is 33.0 Å². The van der Waals surface area contributed by atoms with Crippen molar-refractivity contribution >= 4 is 20.2 Å². The molecular weight excluding hydrogens is 580 g/mol. The lowest BCUT2D eigenvalue weighted by atomic mass is 10.1. The quantitative estimate of drug-likeness (QED) is 0.165. The second kappa shape index (κ2) is 15.2. The molecule has 11 heteroatoms. The molecule has 0 saturated heterocycles. The van der Waals surface area contributed by atoms with Crippen molar-refractivity contribution in [3.8, 4) is 0 Å². The smallest absolute Gasteiger partial charge is 0.297 e. The fourth-order valence-corrected chi connectivity index (χ4v) is 6.48. The van der Waals surface area contributed by atoms with Crippen LogP contribution in [-0.2, 0) is 49.4 Å². The largest absolute Gasteiger partial charge is 0.376 e. The molecule has 0 bridgehead atoms. The zero-order chi connectivity index (χ0) is 30.0. The Bertz CT molecular complexity index is 1370. The Morgan fingerprint density at radius 2 is 1.07 bits per heavy atom. The van der Waals surface area contributed by atoms with Crippen molar-refractivity contribution in [3.05, 3.63) is 95.6 Å². The van der Waals surface area contributed by atoms with Gasteiger partial charge in [-0.25, -0.2) is 0 Å². The van der Waals surface area contributed by atoms with Crippen LogP contribution in [0.1, 0.15) is 29.5 Å². The molecule has 0 heterocycles. The van der Waals surface area contributed by atoms with Crippen LogP contribution < -0.4 is 0 Å². The Morgan fingerprint density at radius 3 is 1.52 bits per heavy atom. The summed E-state index contributed by atoms with van der Waals surface area (Å²) in [5.74, 6) is 0.151. The van der Waals surface area contributed by atoms with Crippen LogP contribution in [0.2, 0.25) is 0 Å². The third-order valence-corrected chi connectivity index (χ3v) is 9.59. The van der Waals surface area contributed by atoms with Crippen LogP contribution in [0, 0.1) is 19.8 Å². The highest BCUT2D eigenvalue weighted by atomic mass is 32.2. The van der Waals surface area contributed by atoms with Gasteiger partial charge in [-0.2, -0.15) is 16.8 Å². The average molecular weight is 619 g/mol. The lowest BCUT2D eigenvalue weighted by Crippen LogP contribution is -2.29. The van der Waals surface area contributed by atoms with E-state index in [9.17, 15) is 16.8 Å². The van der Waals surface area contributed by atoms with Crippen LogP contribution >= 0.6 is 0 Å². The molecule has 2 unspecified atom stereocenters. The third-order valence-electron chi connectivity index (χ3n) is 6.94. The topological polar surface area (TPSA) is 114 Å². The van der Waals surface area contributed by atoms with Crippen molar-refractivity contribution in [2.24, 2.45) is 5.92 Å². The lowest BCUT2D eigenvalue weighted by molar-refractivity contribution is -0.0658. The first-order valence-corrected chi connectivity index (χ1v) is 16.7. The molecule has 0 amide bonds. The Hall–Kier alpha value is -2.64. The Balaban J connectivity index is 1.27. The SMILES string of the molecule is Cc1ccc(S(=O)(=O)OCCOC2CC(COCc3ccccc3)CC2OCCOS(=O)(=O)c2ccc(C)cc2)cc1. The highest BCUT2D eigenvalue weighted by Gasteiger charge is 2.36. The van der Waals surface area contributed by atoms with Crippen LogP contribution in [0.25, 0.3) is 0 Å². The van der Waals surface area contributed by atoms with E-state index in [-0.39, 0.29) is 54.3 Å². The Kier molecular flexibility index (Phi) is 11.7. The van der Waals surface area contributed by atoms with Crippen molar-refractivity contribution in [2.45, 2.75) is 55.3 Å². The van der Waals surface area contributed by atoms with E-state index in [1.807, 2.05) is 44.2 Å². The fourth-order valence-electron chi connectivity index (χ4n) is 4.69. The standard InChI is InChI=1S/C31H38O9S2/c1-24-8-12-28(13-9-24)41(32,33)39-18-16-37-30-20-27(23-36-22-26-6-4-3-5-7-26)21-31(30)38-17-19-40-42(34,35)29-14-10-25(2)11-15-29/h3-15,27,30-31H,16-23H2,1-2H3. The summed E-state index contributed by atoms with van der Waals surface area (Å²) in [6, 6.07) is 22.8. The van der Waals surface area contributed by atoms with Gasteiger partial charge in [0.05, 0.1) is 61.6 Å². The van der Waals surface area contributed by atoms with Gasteiger partial charge >= 0.3 is 0 Å². The second-order valence-corrected chi connectivity index (χ2v) is 13.6. The molecule has 1 aliphatic carbocycles. The summed E-state index contributed by atoms with van der Waals surface area (Å²) in [4.78, 5) is 0.179. The van der Waals surface area contributed by atoms with Gasteiger partial charge in [-0.3, -0.25) is 8.37 Å². The number of ether oxygens (including phenoxy) is 3. The van der Waals surface area contributed by atoms with E-state index in [0.29, 0.717) is 26.1 Å². The number of benzene rings is 3. The van der Waals surface area contributed by atoms with E-state index < -0.39 is 20.2 Å². The van der Waals surface area contributed by atoms with Gasteiger partial charge in [0, 0.05) is 0 Å². The van der Waals surface area contributed by atoms with Crippen molar-refractivity contribution < 1.29 is 39.4 Å². The van der Waals surface area contributed by atoms with Gasteiger partial charge in [0.15, 0.2) is 0 Å². The van der Waals surface area contributed by atoms with Gasteiger partial charge in [0.2, 0.25) is 0 Å². The summed E-state index contributed by atoms with van der Waals surface area (Å²) >= 11 is 0. The summed E-state index contributed by atoms with van der Waals surface area (Å²) in [6.45, 7) is 4.55. The van der Waals surface area contributed by atoms with Gasteiger partial charge in [0.25, 0.3) is 20.2 Å². The van der Waals surface area contributed by atoms with Gasteiger partial charge < -0.3 is 14.2 Å². The molecule has 42 heavy (non-hydrogen) atoms. The van der Waals surface area contributed by atoms with Crippen LogP contribution in [-0.4, -0.2) is 62.1 Å². The van der Waals surface area contributed by atoms with Crippen LogP contribution in [0.3, 0.4) is 0 Å². The molecule has 228 valence electrons. The normalized spacial score (nSPS) is 19.2. The summed E-state index contributed by atoms with van der Waals surface area (Å²) in [5.41, 5.74) is 2.98. The molecular formula is C31H38O9S2. The van der Waals surface area contributed by atoms with E-state index in [4.69, 9.17) is 22.6 Å². The number of aryl methyl sites for hydroxylation is 2.